The summed E-state index contributed by atoms with van der Waals surface area (Å²) in [6.45, 7) is 0. The fourth-order valence-corrected chi connectivity index (χ4v) is 1.27. The Balaban J connectivity index is 2.48. The van der Waals surface area contributed by atoms with E-state index < -0.39 is 17.8 Å². The largest absolute Gasteiger partial charge is 0.306 e. The quantitative estimate of drug-likeness (QED) is 0.748. The molecule has 15 heavy (non-hydrogen) atoms. The number of hydrogen-bond donors (Lipinski definition) is 0. The first-order chi connectivity index (χ1) is 7.18. The van der Waals surface area contributed by atoms with E-state index in [0.29, 0.717) is 5.69 Å². The van der Waals surface area contributed by atoms with Gasteiger partial charge in [-0.25, -0.2) is 18.2 Å². The van der Waals surface area contributed by atoms with Crippen LogP contribution in [0.2, 0.25) is 0 Å². The summed E-state index contributed by atoms with van der Waals surface area (Å²) >= 11 is 0. The van der Waals surface area contributed by atoms with Crippen LogP contribution in [0.25, 0.3) is 5.69 Å². The second-order valence-electron chi connectivity index (χ2n) is 2.98. The number of aromatic nitrogens is 2. The molecule has 2 aromatic rings. The standard InChI is InChI=1S/C10H7F3N2/c11-9-2-1-7(5-8(9)10(12)13)15-4-3-14-6-15/h1-6,10H. The second-order valence-corrected chi connectivity index (χ2v) is 2.98. The molecule has 0 saturated heterocycles. The lowest BCUT2D eigenvalue weighted by atomic mass is 10.2. The summed E-state index contributed by atoms with van der Waals surface area (Å²) < 4.78 is 39.3. The lowest BCUT2D eigenvalue weighted by molar-refractivity contribution is 0.146. The van der Waals surface area contributed by atoms with Gasteiger partial charge in [0.1, 0.15) is 5.82 Å². The van der Waals surface area contributed by atoms with Crippen LogP contribution >= 0.6 is 0 Å². The van der Waals surface area contributed by atoms with Crippen molar-refractivity contribution < 1.29 is 13.2 Å². The van der Waals surface area contributed by atoms with Crippen LogP contribution in [0.5, 0.6) is 0 Å². The Kier molecular flexibility index (Phi) is 2.45. The van der Waals surface area contributed by atoms with E-state index in [9.17, 15) is 13.2 Å². The van der Waals surface area contributed by atoms with Crippen LogP contribution in [0.1, 0.15) is 12.0 Å². The molecule has 0 aliphatic rings. The zero-order chi connectivity index (χ0) is 10.8. The highest BCUT2D eigenvalue weighted by atomic mass is 19.3. The highest BCUT2D eigenvalue weighted by Crippen LogP contribution is 2.24. The molecule has 2 rings (SSSR count). The minimum atomic E-state index is -2.81. The lowest BCUT2D eigenvalue weighted by Crippen LogP contribution is -1.96. The van der Waals surface area contributed by atoms with E-state index in [-0.39, 0.29) is 0 Å². The fourth-order valence-electron chi connectivity index (χ4n) is 1.27. The number of imidazole rings is 1. The summed E-state index contributed by atoms with van der Waals surface area (Å²) in [5.41, 5.74) is -0.134. The number of benzene rings is 1. The Bertz CT molecular complexity index is 452. The molecular weight excluding hydrogens is 205 g/mol. The van der Waals surface area contributed by atoms with E-state index in [4.69, 9.17) is 0 Å². The van der Waals surface area contributed by atoms with Crippen LogP contribution < -0.4 is 0 Å². The minimum Gasteiger partial charge on any atom is -0.306 e. The third-order valence-electron chi connectivity index (χ3n) is 2.02. The maximum atomic E-state index is 13.0. The predicted molar refractivity (Wildman–Crippen MR) is 48.5 cm³/mol. The first-order valence-corrected chi connectivity index (χ1v) is 4.24. The Morgan fingerprint density at radius 3 is 2.67 bits per heavy atom. The average Bonchev–Trinajstić information content (AvgIpc) is 2.71. The van der Waals surface area contributed by atoms with Crippen molar-refractivity contribution in [3.05, 3.63) is 48.3 Å². The summed E-state index contributed by atoms with van der Waals surface area (Å²) in [5.74, 6) is -0.895. The zero-order valence-corrected chi connectivity index (χ0v) is 7.57. The smallest absolute Gasteiger partial charge is 0.266 e. The molecule has 0 N–H and O–H groups in total. The molecule has 0 radical (unpaired) electrons. The van der Waals surface area contributed by atoms with Crippen molar-refractivity contribution >= 4 is 0 Å². The van der Waals surface area contributed by atoms with Gasteiger partial charge in [-0.1, -0.05) is 0 Å². The second kappa shape index (κ2) is 3.76. The molecule has 1 aromatic heterocycles. The monoisotopic (exact) mass is 212 g/mol. The molecule has 0 aliphatic heterocycles. The molecular formula is C10H7F3N2. The Labute approximate surface area is 84.0 Å². The van der Waals surface area contributed by atoms with Crippen molar-refractivity contribution in [3.63, 3.8) is 0 Å². The van der Waals surface area contributed by atoms with Gasteiger partial charge in [0.05, 0.1) is 11.9 Å². The van der Waals surface area contributed by atoms with Crippen molar-refractivity contribution in [3.8, 4) is 5.69 Å². The minimum absolute atomic E-state index is 0.462. The van der Waals surface area contributed by atoms with Gasteiger partial charge in [-0.05, 0) is 18.2 Å². The first-order valence-electron chi connectivity index (χ1n) is 4.24. The average molecular weight is 212 g/mol. The molecule has 0 spiro atoms. The van der Waals surface area contributed by atoms with Gasteiger partial charge in [0.2, 0.25) is 0 Å². The molecule has 0 aliphatic carbocycles. The third-order valence-corrected chi connectivity index (χ3v) is 2.02. The van der Waals surface area contributed by atoms with Crippen molar-refractivity contribution in [1.82, 2.24) is 9.55 Å². The van der Waals surface area contributed by atoms with E-state index in [2.05, 4.69) is 4.98 Å². The summed E-state index contributed by atoms with van der Waals surface area (Å²) in [4.78, 5) is 3.78. The third kappa shape index (κ3) is 1.86. The van der Waals surface area contributed by atoms with Gasteiger partial charge in [0, 0.05) is 18.1 Å². The molecule has 0 amide bonds. The predicted octanol–water partition coefficient (Wildman–Crippen LogP) is 2.95. The highest BCUT2D eigenvalue weighted by molar-refractivity contribution is 5.37. The normalized spacial score (nSPS) is 10.9. The first kappa shape index (κ1) is 9.76. The Hall–Kier alpha value is -1.78. The summed E-state index contributed by atoms with van der Waals surface area (Å²) in [7, 11) is 0. The summed E-state index contributed by atoms with van der Waals surface area (Å²) in [6, 6.07) is 3.56. The van der Waals surface area contributed by atoms with E-state index in [1.807, 2.05) is 0 Å². The molecule has 1 heterocycles. The van der Waals surface area contributed by atoms with Crippen LogP contribution in [-0.4, -0.2) is 9.55 Å². The van der Waals surface area contributed by atoms with Crippen molar-refractivity contribution in [2.75, 3.05) is 0 Å². The number of alkyl halides is 2. The van der Waals surface area contributed by atoms with E-state index in [0.717, 1.165) is 12.1 Å². The van der Waals surface area contributed by atoms with Crippen molar-refractivity contribution in [2.45, 2.75) is 6.43 Å². The van der Waals surface area contributed by atoms with Crippen molar-refractivity contribution in [2.24, 2.45) is 0 Å². The molecule has 0 atom stereocenters. The maximum Gasteiger partial charge on any atom is 0.266 e. The van der Waals surface area contributed by atoms with Gasteiger partial charge >= 0.3 is 0 Å². The van der Waals surface area contributed by atoms with Crippen LogP contribution in [0.3, 0.4) is 0 Å². The maximum absolute atomic E-state index is 13.0. The molecule has 0 fully saturated rings. The van der Waals surface area contributed by atoms with E-state index in [1.165, 1.54) is 23.2 Å². The number of rotatable bonds is 2. The van der Waals surface area contributed by atoms with Crippen LogP contribution in [0.15, 0.2) is 36.9 Å². The zero-order valence-electron chi connectivity index (χ0n) is 7.57. The van der Waals surface area contributed by atoms with Gasteiger partial charge in [-0.15, -0.1) is 0 Å². The molecule has 0 saturated carbocycles. The fraction of sp³-hybridized carbons (Fsp3) is 0.100. The van der Waals surface area contributed by atoms with Crippen LogP contribution in [0, 0.1) is 5.82 Å². The Morgan fingerprint density at radius 1 is 1.27 bits per heavy atom. The van der Waals surface area contributed by atoms with E-state index in [1.54, 1.807) is 6.20 Å². The van der Waals surface area contributed by atoms with Gasteiger partial charge in [0.25, 0.3) is 6.43 Å². The molecule has 78 valence electrons. The van der Waals surface area contributed by atoms with Gasteiger partial charge in [-0.3, -0.25) is 0 Å². The SMILES string of the molecule is Fc1ccc(-n2ccnc2)cc1C(F)F. The van der Waals surface area contributed by atoms with Crippen LogP contribution in [0.4, 0.5) is 13.2 Å². The number of nitrogens with zero attached hydrogens (tertiary/aromatic N) is 2. The van der Waals surface area contributed by atoms with Gasteiger partial charge < -0.3 is 4.57 Å². The summed E-state index contributed by atoms with van der Waals surface area (Å²) in [6.07, 6.45) is 1.77. The topological polar surface area (TPSA) is 17.8 Å². The highest BCUT2D eigenvalue weighted by Gasteiger charge is 2.13. The van der Waals surface area contributed by atoms with Crippen LogP contribution in [-0.2, 0) is 0 Å². The number of halogens is 3. The Morgan fingerprint density at radius 2 is 2.07 bits per heavy atom. The molecule has 0 bridgehead atoms. The molecule has 5 heteroatoms. The van der Waals surface area contributed by atoms with Gasteiger partial charge in [0.15, 0.2) is 0 Å². The molecule has 2 nitrogen and oxygen atoms in total. The molecule has 0 unspecified atom stereocenters. The van der Waals surface area contributed by atoms with Gasteiger partial charge in [-0.2, -0.15) is 0 Å². The summed E-state index contributed by atoms with van der Waals surface area (Å²) in [5, 5.41) is 0. The lowest BCUT2D eigenvalue weighted by Gasteiger charge is -2.06. The molecule has 1 aromatic carbocycles. The van der Waals surface area contributed by atoms with Crippen molar-refractivity contribution in [1.29, 1.82) is 0 Å². The number of hydrogen-bond acceptors (Lipinski definition) is 1. The van der Waals surface area contributed by atoms with E-state index >= 15 is 0 Å².